The van der Waals surface area contributed by atoms with Gasteiger partial charge >= 0.3 is 0 Å². The van der Waals surface area contributed by atoms with Crippen LogP contribution in [-0.2, 0) is 0 Å². The van der Waals surface area contributed by atoms with E-state index in [2.05, 4.69) is 20.6 Å². The van der Waals surface area contributed by atoms with Crippen LogP contribution in [0.4, 0.5) is 11.8 Å². The number of aliphatic hydroxyl groups is 1. The summed E-state index contributed by atoms with van der Waals surface area (Å²) in [6.45, 7) is 6.96. The Labute approximate surface area is 96.3 Å². The van der Waals surface area contributed by atoms with E-state index >= 15 is 0 Å². The van der Waals surface area contributed by atoms with Crippen LogP contribution < -0.4 is 10.6 Å². The predicted octanol–water partition coefficient (Wildman–Crippen LogP) is 1.40. The summed E-state index contributed by atoms with van der Waals surface area (Å²) in [5, 5.41) is 15.2. The van der Waals surface area contributed by atoms with Gasteiger partial charge in [0.15, 0.2) is 0 Å². The molecule has 0 fully saturated rings. The maximum absolute atomic E-state index is 8.84. The van der Waals surface area contributed by atoms with Gasteiger partial charge in [-0.25, -0.2) is 4.98 Å². The van der Waals surface area contributed by atoms with Crippen molar-refractivity contribution < 1.29 is 5.11 Å². The molecule has 0 radical (unpaired) electrons. The summed E-state index contributed by atoms with van der Waals surface area (Å²) in [6, 6.07) is 0.202. The molecule has 5 nitrogen and oxygen atoms in total. The molecule has 0 spiro atoms. The van der Waals surface area contributed by atoms with Crippen LogP contribution in [0, 0.1) is 6.92 Å². The van der Waals surface area contributed by atoms with Gasteiger partial charge < -0.3 is 15.7 Å². The van der Waals surface area contributed by atoms with E-state index in [1.54, 1.807) is 6.20 Å². The van der Waals surface area contributed by atoms with Crippen molar-refractivity contribution in [3.8, 4) is 0 Å². The zero-order valence-corrected chi connectivity index (χ0v) is 10.1. The molecule has 1 aromatic heterocycles. The van der Waals surface area contributed by atoms with Gasteiger partial charge in [0.1, 0.15) is 5.82 Å². The van der Waals surface area contributed by atoms with Gasteiger partial charge in [0.05, 0.1) is 0 Å². The molecule has 0 aliphatic heterocycles. The molecule has 3 N–H and O–H groups in total. The standard InChI is InChI=1S/C11H20N4O/c1-4-12-11-13-7-8(2)10(15-11)14-9(3)5-6-16/h7,9,16H,4-6H2,1-3H3,(H2,12,13,14,15). The number of nitrogens with zero attached hydrogens (tertiary/aromatic N) is 2. The second-order valence-electron chi connectivity index (χ2n) is 3.81. The summed E-state index contributed by atoms with van der Waals surface area (Å²) in [4.78, 5) is 8.54. The van der Waals surface area contributed by atoms with Crippen LogP contribution in [0.1, 0.15) is 25.8 Å². The third-order valence-corrected chi connectivity index (χ3v) is 2.25. The van der Waals surface area contributed by atoms with Gasteiger partial charge in [-0.2, -0.15) is 4.98 Å². The van der Waals surface area contributed by atoms with E-state index in [-0.39, 0.29) is 12.6 Å². The number of hydrogen-bond donors (Lipinski definition) is 3. The number of aromatic nitrogens is 2. The van der Waals surface area contributed by atoms with Crippen molar-refractivity contribution in [3.63, 3.8) is 0 Å². The lowest BCUT2D eigenvalue weighted by atomic mass is 10.2. The fourth-order valence-electron chi connectivity index (χ4n) is 1.33. The molecule has 0 amide bonds. The van der Waals surface area contributed by atoms with Crippen molar-refractivity contribution in [1.82, 2.24) is 9.97 Å². The van der Waals surface area contributed by atoms with E-state index in [1.165, 1.54) is 0 Å². The monoisotopic (exact) mass is 224 g/mol. The van der Waals surface area contributed by atoms with Crippen molar-refractivity contribution in [2.24, 2.45) is 0 Å². The quantitative estimate of drug-likeness (QED) is 0.681. The smallest absolute Gasteiger partial charge is 0.224 e. The van der Waals surface area contributed by atoms with Gasteiger partial charge in [-0.05, 0) is 27.2 Å². The summed E-state index contributed by atoms with van der Waals surface area (Å²) in [5.74, 6) is 1.46. The Kier molecular flexibility index (Phi) is 4.98. The van der Waals surface area contributed by atoms with E-state index in [0.29, 0.717) is 12.4 Å². The maximum Gasteiger partial charge on any atom is 0.224 e. The van der Waals surface area contributed by atoms with Crippen LogP contribution in [-0.4, -0.2) is 34.3 Å². The molecule has 5 heteroatoms. The minimum Gasteiger partial charge on any atom is -0.396 e. The van der Waals surface area contributed by atoms with Crippen molar-refractivity contribution in [2.75, 3.05) is 23.8 Å². The molecule has 0 saturated carbocycles. The summed E-state index contributed by atoms with van der Waals surface area (Å²) >= 11 is 0. The zero-order valence-electron chi connectivity index (χ0n) is 10.1. The van der Waals surface area contributed by atoms with E-state index in [4.69, 9.17) is 5.11 Å². The molecule has 1 unspecified atom stereocenters. The molecule has 1 aromatic rings. The molecule has 1 rings (SSSR count). The van der Waals surface area contributed by atoms with Crippen molar-refractivity contribution in [1.29, 1.82) is 0 Å². The molecule has 1 heterocycles. The molecule has 16 heavy (non-hydrogen) atoms. The Bertz CT molecular complexity index is 330. The normalized spacial score (nSPS) is 12.2. The highest BCUT2D eigenvalue weighted by Gasteiger charge is 2.06. The number of aryl methyl sites for hydroxylation is 1. The first-order valence-electron chi connectivity index (χ1n) is 5.62. The Balaban J connectivity index is 2.73. The van der Waals surface area contributed by atoms with Crippen LogP contribution >= 0.6 is 0 Å². The summed E-state index contributed by atoms with van der Waals surface area (Å²) in [7, 11) is 0. The summed E-state index contributed by atoms with van der Waals surface area (Å²) in [6.07, 6.45) is 2.50. The Morgan fingerprint density at radius 2 is 2.25 bits per heavy atom. The fraction of sp³-hybridized carbons (Fsp3) is 0.636. The first kappa shape index (κ1) is 12.7. The molecule has 0 saturated heterocycles. The molecule has 0 aliphatic carbocycles. The highest BCUT2D eigenvalue weighted by molar-refractivity contribution is 5.46. The average molecular weight is 224 g/mol. The molecule has 1 atom stereocenters. The fourth-order valence-corrected chi connectivity index (χ4v) is 1.33. The van der Waals surface area contributed by atoms with Crippen LogP contribution in [0.25, 0.3) is 0 Å². The zero-order chi connectivity index (χ0) is 12.0. The number of aliphatic hydroxyl groups excluding tert-OH is 1. The van der Waals surface area contributed by atoms with Gasteiger partial charge in [-0.1, -0.05) is 0 Å². The Morgan fingerprint density at radius 1 is 1.50 bits per heavy atom. The molecule has 0 aliphatic rings. The second kappa shape index (κ2) is 6.27. The van der Waals surface area contributed by atoms with Gasteiger partial charge in [0.25, 0.3) is 0 Å². The lowest BCUT2D eigenvalue weighted by Crippen LogP contribution is -2.19. The summed E-state index contributed by atoms with van der Waals surface area (Å²) in [5.41, 5.74) is 1.01. The minimum atomic E-state index is 0.179. The highest BCUT2D eigenvalue weighted by atomic mass is 16.3. The average Bonchev–Trinajstić information content (AvgIpc) is 2.24. The lowest BCUT2D eigenvalue weighted by molar-refractivity contribution is 0.282. The number of anilines is 2. The number of hydrogen-bond acceptors (Lipinski definition) is 5. The van der Waals surface area contributed by atoms with Gasteiger partial charge in [0, 0.05) is 31.0 Å². The SMILES string of the molecule is CCNc1ncc(C)c(NC(C)CCO)n1. The molecule has 0 bridgehead atoms. The van der Waals surface area contributed by atoms with Gasteiger partial charge in [0.2, 0.25) is 5.95 Å². The third kappa shape index (κ3) is 3.66. The topological polar surface area (TPSA) is 70.1 Å². The van der Waals surface area contributed by atoms with Crippen molar-refractivity contribution in [3.05, 3.63) is 11.8 Å². The van der Waals surface area contributed by atoms with E-state index in [1.807, 2.05) is 20.8 Å². The van der Waals surface area contributed by atoms with Crippen molar-refractivity contribution in [2.45, 2.75) is 33.2 Å². The van der Waals surface area contributed by atoms with E-state index in [9.17, 15) is 0 Å². The van der Waals surface area contributed by atoms with Crippen LogP contribution in [0.5, 0.6) is 0 Å². The Hall–Kier alpha value is -1.36. The van der Waals surface area contributed by atoms with Gasteiger partial charge in [-0.3, -0.25) is 0 Å². The number of rotatable bonds is 6. The molecular weight excluding hydrogens is 204 g/mol. The van der Waals surface area contributed by atoms with Crippen LogP contribution in [0.3, 0.4) is 0 Å². The molecule has 90 valence electrons. The first-order valence-corrected chi connectivity index (χ1v) is 5.62. The maximum atomic E-state index is 8.84. The third-order valence-electron chi connectivity index (χ3n) is 2.25. The highest BCUT2D eigenvalue weighted by Crippen LogP contribution is 2.14. The molecular formula is C11H20N4O. The Morgan fingerprint density at radius 3 is 2.88 bits per heavy atom. The van der Waals surface area contributed by atoms with Crippen LogP contribution in [0.2, 0.25) is 0 Å². The minimum absolute atomic E-state index is 0.179. The van der Waals surface area contributed by atoms with E-state index in [0.717, 1.165) is 17.9 Å². The summed E-state index contributed by atoms with van der Waals surface area (Å²) < 4.78 is 0. The van der Waals surface area contributed by atoms with E-state index < -0.39 is 0 Å². The second-order valence-corrected chi connectivity index (χ2v) is 3.81. The van der Waals surface area contributed by atoms with Crippen molar-refractivity contribution >= 4 is 11.8 Å². The van der Waals surface area contributed by atoms with Crippen LogP contribution in [0.15, 0.2) is 6.20 Å². The van der Waals surface area contributed by atoms with Gasteiger partial charge in [-0.15, -0.1) is 0 Å². The predicted molar refractivity (Wildman–Crippen MR) is 65.7 cm³/mol. The molecule has 0 aromatic carbocycles. The largest absolute Gasteiger partial charge is 0.396 e. The first-order chi connectivity index (χ1) is 7.67. The lowest BCUT2D eigenvalue weighted by Gasteiger charge is -2.15. The number of nitrogens with one attached hydrogen (secondary N) is 2.